The zero-order chi connectivity index (χ0) is 13.6. The number of nitrogens with zero attached hydrogens (tertiary/aromatic N) is 3. The fourth-order valence-electron chi connectivity index (χ4n) is 2.44. The summed E-state index contributed by atoms with van der Waals surface area (Å²) in [6.45, 7) is 0. The van der Waals surface area contributed by atoms with Crippen molar-refractivity contribution in [2.75, 3.05) is 5.73 Å². The maximum absolute atomic E-state index is 10.9. The Morgan fingerprint density at radius 1 is 1.42 bits per heavy atom. The molecule has 0 radical (unpaired) electrons. The molecular formula is C12H11BrN4O2. The highest BCUT2D eigenvalue weighted by Crippen LogP contribution is 2.33. The van der Waals surface area contributed by atoms with Crippen molar-refractivity contribution in [1.82, 2.24) is 9.78 Å². The molecule has 1 aromatic heterocycles. The first-order chi connectivity index (χ1) is 9.08. The fraction of sp³-hybridized carbons (Fsp3) is 0.250. The third kappa shape index (κ3) is 1.90. The van der Waals surface area contributed by atoms with Gasteiger partial charge in [-0.2, -0.15) is 5.10 Å². The number of anilines is 1. The van der Waals surface area contributed by atoms with Crippen LogP contribution >= 0.6 is 15.9 Å². The summed E-state index contributed by atoms with van der Waals surface area (Å²) >= 11 is 3.41. The van der Waals surface area contributed by atoms with Crippen LogP contribution in [0.5, 0.6) is 0 Å². The number of hydrogen-bond acceptors (Lipinski definition) is 4. The first-order valence-electron chi connectivity index (χ1n) is 5.88. The van der Waals surface area contributed by atoms with Crippen LogP contribution in [0.4, 0.5) is 11.5 Å². The molecule has 3 rings (SSSR count). The second-order valence-corrected chi connectivity index (χ2v) is 5.32. The van der Waals surface area contributed by atoms with Gasteiger partial charge in [0.1, 0.15) is 5.82 Å². The van der Waals surface area contributed by atoms with Gasteiger partial charge in [0.15, 0.2) is 0 Å². The highest BCUT2D eigenvalue weighted by molar-refractivity contribution is 9.10. The van der Waals surface area contributed by atoms with E-state index in [0.29, 0.717) is 11.5 Å². The van der Waals surface area contributed by atoms with Crippen molar-refractivity contribution in [3.8, 4) is 5.69 Å². The quantitative estimate of drug-likeness (QED) is 0.680. The van der Waals surface area contributed by atoms with Crippen LogP contribution in [-0.4, -0.2) is 14.7 Å². The average molecular weight is 323 g/mol. The predicted molar refractivity (Wildman–Crippen MR) is 74.4 cm³/mol. The number of nitrogen functional groups attached to an aromatic ring is 1. The topological polar surface area (TPSA) is 87.0 Å². The second kappa shape index (κ2) is 4.34. The number of non-ortho nitro benzene ring substituents is 1. The highest BCUT2D eigenvalue weighted by Gasteiger charge is 2.23. The molecule has 0 unspecified atom stereocenters. The van der Waals surface area contributed by atoms with Gasteiger partial charge in [0, 0.05) is 27.9 Å². The monoisotopic (exact) mass is 322 g/mol. The Balaban J connectivity index is 2.19. The molecule has 1 aliphatic rings. The van der Waals surface area contributed by atoms with E-state index in [2.05, 4.69) is 21.0 Å². The lowest BCUT2D eigenvalue weighted by Gasteiger charge is -2.07. The van der Waals surface area contributed by atoms with Crippen LogP contribution in [0.2, 0.25) is 0 Å². The van der Waals surface area contributed by atoms with Crippen LogP contribution < -0.4 is 5.73 Å². The largest absolute Gasteiger partial charge is 0.382 e. The van der Waals surface area contributed by atoms with E-state index in [1.165, 1.54) is 12.1 Å². The molecule has 0 saturated heterocycles. The smallest absolute Gasteiger partial charge is 0.271 e. The fourth-order valence-corrected chi connectivity index (χ4v) is 2.86. The molecule has 1 aliphatic carbocycles. The van der Waals surface area contributed by atoms with E-state index in [1.807, 2.05) is 0 Å². The zero-order valence-electron chi connectivity index (χ0n) is 9.97. The average Bonchev–Trinajstić information content (AvgIpc) is 2.94. The van der Waals surface area contributed by atoms with Crippen molar-refractivity contribution in [3.63, 3.8) is 0 Å². The molecule has 1 heterocycles. The maximum atomic E-state index is 10.9. The molecule has 1 aromatic carbocycles. The van der Waals surface area contributed by atoms with Crippen LogP contribution in [0, 0.1) is 10.1 Å². The van der Waals surface area contributed by atoms with Gasteiger partial charge in [0.2, 0.25) is 0 Å². The van der Waals surface area contributed by atoms with Crippen molar-refractivity contribution in [1.29, 1.82) is 0 Å². The summed E-state index contributed by atoms with van der Waals surface area (Å²) in [5.74, 6) is 0.519. The molecule has 0 amide bonds. The summed E-state index contributed by atoms with van der Waals surface area (Å²) in [6, 6.07) is 4.63. The number of nitro groups is 1. The molecule has 0 saturated carbocycles. The Hall–Kier alpha value is -1.89. The lowest BCUT2D eigenvalue weighted by Crippen LogP contribution is -2.03. The highest BCUT2D eigenvalue weighted by atomic mass is 79.9. The molecule has 0 bridgehead atoms. The summed E-state index contributed by atoms with van der Waals surface area (Å²) in [4.78, 5) is 10.5. The number of aromatic nitrogens is 2. The van der Waals surface area contributed by atoms with E-state index in [-0.39, 0.29) is 5.69 Å². The van der Waals surface area contributed by atoms with E-state index in [4.69, 9.17) is 5.73 Å². The summed E-state index contributed by atoms with van der Waals surface area (Å²) in [6.07, 6.45) is 2.87. The molecule has 0 atom stereocenters. The van der Waals surface area contributed by atoms with Gasteiger partial charge in [-0.1, -0.05) is 0 Å². The molecule has 0 fully saturated rings. The van der Waals surface area contributed by atoms with Crippen LogP contribution in [-0.2, 0) is 12.8 Å². The van der Waals surface area contributed by atoms with E-state index in [9.17, 15) is 10.1 Å². The first-order valence-corrected chi connectivity index (χ1v) is 6.68. The van der Waals surface area contributed by atoms with Crippen LogP contribution in [0.25, 0.3) is 5.69 Å². The predicted octanol–water partition coefficient (Wildman–Crippen LogP) is 2.61. The minimum absolute atomic E-state index is 0.0408. The maximum Gasteiger partial charge on any atom is 0.271 e. The summed E-state index contributed by atoms with van der Waals surface area (Å²) in [7, 11) is 0. The molecule has 2 aromatic rings. The third-order valence-electron chi connectivity index (χ3n) is 3.33. The first kappa shape index (κ1) is 12.2. The van der Waals surface area contributed by atoms with Crippen LogP contribution in [0.15, 0.2) is 22.7 Å². The number of fused-ring (bicyclic) bond motifs is 1. The number of hydrogen-bond donors (Lipinski definition) is 1. The summed E-state index contributed by atoms with van der Waals surface area (Å²) in [5.41, 5.74) is 8.72. The number of halogens is 1. The van der Waals surface area contributed by atoms with Gasteiger partial charge in [-0.05, 0) is 41.3 Å². The van der Waals surface area contributed by atoms with Crippen molar-refractivity contribution in [3.05, 3.63) is 44.0 Å². The Labute approximate surface area is 117 Å². The summed E-state index contributed by atoms with van der Waals surface area (Å²) < 4.78 is 2.48. The molecule has 0 spiro atoms. The number of rotatable bonds is 2. The molecule has 6 nitrogen and oxygen atoms in total. The molecule has 98 valence electrons. The van der Waals surface area contributed by atoms with Crippen LogP contribution in [0.1, 0.15) is 17.7 Å². The Kier molecular flexibility index (Phi) is 2.78. The molecular weight excluding hydrogens is 312 g/mol. The Morgan fingerprint density at radius 3 is 2.95 bits per heavy atom. The minimum atomic E-state index is -0.414. The molecule has 2 N–H and O–H groups in total. The van der Waals surface area contributed by atoms with Gasteiger partial charge < -0.3 is 5.73 Å². The minimum Gasteiger partial charge on any atom is -0.382 e. The van der Waals surface area contributed by atoms with Crippen molar-refractivity contribution in [2.24, 2.45) is 0 Å². The molecule has 7 heteroatoms. The number of nitrogens with two attached hydrogens (primary N) is 1. The van der Waals surface area contributed by atoms with E-state index in [1.54, 1.807) is 10.7 Å². The normalized spacial score (nSPS) is 13.5. The van der Waals surface area contributed by atoms with Gasteiger partial charge in [0.05, 0.1) is 10.6 Å². The lowest BCUT2D eigenvalue weighted by molar-refractivity contribution is -0.384. The van der Waals surface area contributed by atoms with Gasteiger partial charge in [-0.15, -0.1) is 0 Å². The van der Waals surface area contributed by atoms with Crippen molar-refractivity contribution in [2.45, 2.75) is 19.3 Å². The second-order valence-electron chi connectivity index (χ2n) is 4.47. The third-order valence-corrected chi connectivity index (χ3v) is 4.00. The Morgan fingerprint density at radius 2 is 2.21 bits per heavy atom. The number of benzene rings is 1. The summed E-state index contributed by atoms with van der Waals surface area (Å²) in [5, 5.41) is 15.2. The molecule has 0 aliphatic heterocycles. The van der Waals surface area contributed by atoms with E-state index < -0.39 is 4.92 Å². The van der Waals surface area contributed by atoms with Crippen molar-refractivity contribution < 1.29 is 4.92 Å². The SMILES string of the molecule is Nc1nn(-c2cc([N+](=O)[O-])ccc2Br)c2c1CCC2. The van der Waals surface area contributed by atoms with Gasteiger partial charge >= 0.3 is 0 Å². The van der Waals surface area contributed by atoms with Crippen molar-refractivity contribution >= 4 is 27.4 Å². The Bertz CT molecular complexity index is 681. The van der Waals surface area contributed by atoms with Gasteiger partial charge in [0.25, 0.3) is 5.69 Å². The van der Waals surface area contributed by atoms with Gasteiger partial charge in [-0.3, -0.25) is 10.1 Å². The van der Waals surface area contributed by atoms with E-state index >= 15 is 0 Å². The van der Waals surface area contributed by atoms with Crippen LogP contribution in [0.3, 0.4) is 0 Å². The number of nitro benzene ring substituents is 1. The standard InChI is InChI=1S/C12H11BrN4O2/c13-9-5-4-7(17(18)19)6-11(9)16-10-3-1-2-8(10)12(14)15-16/h4-6H,1-3H2,(H2,14,15). The van der Waals surface area contributed by atoms with E-state index in [0.717, 1.165) is 35.0 Å². The zero-order valence-corrected chi connectivity index (χ0v) is 11.6. The van der Waals surface area contributed by atoms with Gasteiger partial charge in [-0.25, -0.2) is 4.68 Å². The molecule has 19 heavy (non-hydrogen) atoms. The lowest BCUT2D eigenvalue weighted by atomic mass is 10.2.